The fourth-order valence-electron chi connectivity index (χ4n) is 1.76. The molecule has 1 aromatic carbocycles. The van der Waals surface area contributed by atoms with Gasteiger partial charge in [0.2, 0.25) is 0 Å². The number of nitrogens with zero attached hydrogens (tertiary/aromatic N) is 1. The molecule has 1 rings (SSSR count). The molecule has 0 aromatic heterocycles. The predicted molar refractivity (Wildman–Crippen MR) is 85.4 cm³/mol. The highest BCUT2D eigenvalue weighted by Crippen LogP contribution is 2.28. The summed E-state index contributed by atoms with van der Waals surface area (Å²) in [6.45, 7) is 5.08. The Hall–Kier alpha value is -1.46. The molecule has 0 bridgehead atoms. The second-order valence-electron chi connectivity index (χ2n) is 4.97. The topological polar surface area (TPSA) is 55.8 Å². The van der Waals surface area contributed by atoms with Crippen LogP contribution in [0.5, 0.6) is 5.75 Å². The zero-order valence-electron chi connectivity index (χ0n) is 12.9. The van der Waals surface area contributed by atoms with E-state index in [1.54, 1.807) is 19.1 Å². The molecule has 122 valence electrons. The summed E-state index contributed by atoms with van der Waals surface area (Å²) in [6.07, 6.45) is -0.800. The van der Waals surface area contributed by atoms with Crippen molar-refractivity contribution in [3.63, 3.8) is 0 Å². The minimum atomic E-state index is -0.800. The monoisotopic (exact) mass is 347 g/mol. The van der Waals surface area contributed by atoms with Gasteiger partial charge in [0.25, 0.3) is 5.91 Å². The normalized spacial score (nSPS) is 12.0. The molecule has 0 aliphatic heterocycles. The van der Waals surface area contributed by atoms with E-state index < -0.39 is 12.1 Å². The minimum absolute atomic E-state index is 0.130. The van der Waals surface area contributed by atoms with Crippen LogP contribution >= 0.6 is 23.2 Å². The molecule has 5 nitrogen and oxygen atoms in total. The van der Waals surface area contributed by atoms with Crippen LogP contribution in [0.3, 0.4) is 0 Å². The van der Waals surface area contributed by atoms with Crippen molar-refractivity contribution in [2.75, 3.05) is 13.7 Å². The molecule has 1 unspecified atom stereocenters. The Morgan fingerprint density at radius 2 is 1.86 bits per heavy atom. The van der Waals surface area contributed by atoms with Crippen molar-refractivity contribution in [1.82, 2.24) is 4.90 Å². The summed E-state index contributed by atoms with van der Waals surface area (Å²) >= 11 is 11.8. The zero-order valence-corrected chi connectivity index (χ0v) is 14.4. The van der Waals surface area contributed by atoms with E-state index in [1.165, 1.54) is 18.1 Å². The highest BCUT2D eigenvalue weighted by Gasteiger charge is 2.27. The lowest BCUT2D eigenvalue weighted by atomic mass is 10.2. The Bertz CT molecular complexity index is 548. The Balaban J connectivity index is 2.82. The summed E-state index contributed by atoms with van der Waals surface area (Å²) < 4.78 is 10.2. The first-order chi connectivity index (χ1) is 10.3. The van der Waals surface area contributed by atoms with Crippen LogP contribution in [0, 0.1) is 0 Å². The lowest BCUT2D eigenvalue weighted by Gasteiger charge is -2.28. The van der Waals surface area contributed by atoms with Crippen molar-refractivity contribution in [2.45, 2.75) is 32.9 Å². The molecular weight excluding hydrogens is 329 g/mol. The molecule has 1 amide bonds. The van der Waals surface area contributed by atoms with Gasteiger partial charge in [-0.25, -0.2) is 0 Å². The van der Waals surface area contributed by atoms with Crippen LogP contribution in [0.4, 0.5) is 0 Å². The number of halogens is 2. The first-order valence-corrected chi connectivity index (χ1v) is 7.50. The molecule has 0 aliphatic carbocycles. The Labute approximate surface area is 140 Å². The molecule has 7 heteroatoms. The fourth-order valence-corrected chi connectivity index (χ4v) is 2.22. The van der Waals surface area contributed by atoms with Gasteiger partial charge in [0, 0.05) is 11.1 Å². The molecule has 0 saturated carbocycles. The van der Waals surface area contributed by atoms with Crippen LogP contribution in [-0.2, 0) is 14.3 Å². The number of carbonyl (C=O) groups excluding carboxylic acids is 2. The first-order valence-electron chi connectivity index (χ1n) is 6.75. The van der Waals surface area contributed by atoms with Crippen molar-refractivity contribution >= 4 is 35.1 Å². The van der Waals surface area contributed by atoms with E-state index in [-0.39, 0.29) is 18.5 Å². The number of ether oxygens (including phenoxy) is 2. The Morgan fingerprint density at radius 1 is 1.23 bits per heavy atom. The van der Waals surface area contributed by atoms with E-state index in [4.69, 9.17) is 27.9 Å². The molecule has 0 aliphatic rings. The third-order valence-electron chi connectivity index (χ3n) is 2.98. The largest absolute Gasteiger partial charge is 0.479 e. The van der Waals surface area contributed by atoms with E-state index in [0.29, 0.717) is 15.8 Å². The molecule has 1 aromatic rings. The standard InChI is InChI=1S/C15H19Cl2NO4/c1-9(2)18(8-14(19)21-4)15(20)10(3)22-13-6-5-11(16)7-12(13)17/h5-7,9-10H,8H2,1-4H3. The lowest BCUT2D eigenvalue weighted by Crippen LogP contribution is -2.47. The van der Waals surface area contributed by atoms with Gasteiger partial charge in [-0.05, 0) is 39.0 Å². The average molecular weight is 348 g/mol. The number of rotatable bonds is 6. The van der Waals surface area contributed by atoms with Gasteiger partial charge in [0.05, 0.1) is 12.1 Å². The van der Waals surface area contributed by atoms with Gasteiger partial charge in [-0.1, -0.05) is 23.2 Å². The number of esters is 1. The molecule has 22 heavy (non-hydrogen) atoms. The lowest BCUT2D eigenvalue weighted by molar-refractivity contribution is -0.150. The van der Waals surface area contributed by atoms with Crippen molar-refractivity contribution in [3.05, 3.63) is 28.2 Å². The average Bonchev–Trinajstić information content (AvgIpc) is 2.46. The van der Waals surface area contributed by atoms with Crippen molar-refractivity contribution < 1.29 is 19.1 Å². The zero-order chi connectivity index (χ0) is 16.9. The molecule has 0 radical (unpaired) electrons. The highest BCUT2D eigenvalue weighted by atomic mass is 35.5. The number of methoxy groups -OCH3 is 1. The maximum Gasteiger partial charge on any atom is 0.325 e. The summed E-state index contributed by atoms with van der Waals surface area (Å²) in [6, 6.07) is 4.58. The van der Waals surface area contributed by atoms with Gasteiger partial charge in [-0.2, -0.15) is 0 Å². The molecule has 1 atom stereocenters. The van der Waals surface area contributed by atoms with Crippen molar-refractivity contribution in [3.8, 4) is 5.75 Å². The van der Waals surface area contributed by atoms with E-state index in [9.17, 15) is 9.59 Å². The molecule has 0 N–H and O–H groups in total. The fraction of sp³-hybridized carbons (Fsp3) is 0.467. The molecular formula is C15H19Cl2NO4. The number of benzene rings is 1. The Morgan fingerprint density at radius 3 is 2.36 bits per heavy atom. The summed E-state index contributed by atoms with van der Waals surface area (Å²) in [5.41, 5.74) is 0. The summed E-state index contributed by atoms with van der Waals surface area (Å²) in [7, 11) is 1.28. The van der Waals surface area contributed by atoms with E-state index in [2.05, 4.69) is 4.74 Å². The molecule has 0 fully saturated rings. The number of hydrogen-bond donors (Lipinski definition) is 0. The smallest absolute Gasteiger partial charge is 0.325 e. The van der Waals surface area contributed by atoms with Gasteiger partial charge in [0.1, 0.15) is 12.3 Å². The third-order valence-corrected chi connectivity index (χ3v) is 3.51. The van der Waals surface area contributed by atoms with Crippen LogP contribution in [0.2, 0.25) is 10.0 Å². The van der Waals surface area contributed by atoms with Crippen LogP contribution < -0.4 is 4.74 Å². The second kappa shape index (κ2) is 8.25. The first kappa shape index (κ1) is 18.6. The van der Waals surface area contributed by atoms with E-state index in [1.807, 2.05) is 13.8 Å². The maximum atomic E-state index is 12.4. The van der Waals surface area contributed by atoms with Gasteiger partial charge in [-0.15, -0.1) is 0 Å². The van der Waals surface area contributed by atoms with Gasteiger partial charge >= 0.3 is 5.97 Å². The number of carbonyl (C=O) groups is 2. The second-order valence-corrected chi connectivity index (χ2v) is 5.81. The third kappa shape index (κ3) is 5.07. The van der Waals surface area contributed by atoms with Crippen molar-refractivity contribution in [2.24, 2.45) is 0 Å². The van der Waals surface area contributed by atoms with E-state index in [0.717, 1.165) is 0 Å². The number of hydrogen-bond acceptors (Lipinski definition) is 4. The van der Waals surface area contributed by atoms with Gasteiger partial charge in [0.15, 0.2) is 6.10 Å². The molecule has 0 saturated heterocycles. The Kier molecular flexibility index (Phi) is 6.97. The summed E-state index contributed by atoms with van der Waals surface area (Å²) in [4.78, 5) is 25.2. The molecule has 0 spiro atoms. The molecule has 0 heterocycles. The van der Waals surface area contributed by atoms with Crippen LogP contribution in [0.25, 0.3) is 0 Å². The maximum absolute atomic E-state index is 12.4. The quantitative estimate of drug-likeness (QED) is 0.741. The van der Waals surface area contributed by atoms with Crippen LogP contribution in [0.1, 0.15) is 20.8 Å². The van der Waals surface area contributed by atoms with Crippen LogP contribution in [-0.4, -0.2) is 42.6 Å². The summed E-state index contributed by atoms with van der Waals surface area (Å²) in [5, 5.41) is 0.794. The SMILES string of the molecule is COC(=O)CN(C(=O)C(C)Oc1ccc(Cl)cc1Cl)C(C)C. The highest BCUT2D eigenvalue weighted by molar-refractivity contribution is 6.35. The summed E-state index contributed by atoms with van der Waals surface area (Å²) in [5.74, 6) is -0.459. The predicted octanol–water partition coefficient (Wildman–Crippen LogP) is 3.17. The minimum Gasteiger partial charge on any atom is -0.479 e. The van der Waals surface area contributed by atoms with Gasteiger partial charge in [-0.3, -0.25) is 9.59 Å². The van der Waals surface area contributed by atoms with Gasteiger partial charge < -0.3 is 14.4 Å². The van der Waals surface area contributed by atoms with Crippen molar-refractivity contribution in [1.29, 1.82) is 0 Å². The number of amides is 1. The van der Waals surface area contributed by atoms with Crippen LogP contribution in [0.15, 0.2) is 18.2 Å². The van der Waals surface area contributed by atoms with E-state index >= 15 is 0 Å².